The number of H-pyrrole nitrogens is 1. The predicted octanol–water partition coefficient (Wildman–Crippen LogP) is 2.12. The first-order valence-corrected chi connectivity index (χ1v) is 12.0. The van der Waals surface area contributed by atoms with E-state index in [0.717, 1.165) is 48.8 Å². The number of hydrogen-bond acceptors (Lipinski definition) is 6. The van der Waals surface area contributed by atoms with E-state index in [4.69, 9.17) is 0 Å². The molecule has 2 N–H and O–H groups in total. The molecule has 9 heteroatoms. The molecule has 2 saturated carbocycles. The molecule has 1 atom stereocenters. The molecule has 1 unspecified atom stereocenters. The van der Waals surface area contributed by atoms with E-state index in [9.17, 15) is 14.4 Å². The van der Waals surface area contributed by atoms with Gasteiger partial charge in [-0.05, 0) is 43.7 Å². The maximum absolute atomic E-state index is 13.3. The highest BCUT2D eigenvalue weighted by atomic mass is 16.2. The second-order valence-electron chi connectivity index (χ2n) is 9.82. The van der Waals surface area contributed by atoms with Crippen LogP contribution in [0.4, 0.5) is 5.69 Å². The van der Waals surface area contributed by atoms with Crippen LogP contribution in [0.5, 0.6) is 0 Å². The van der Waals surface area contributed by atoms with Crippen LogP contribution >= 0.6 is 0 Å². The van der Waals surface area contributed by atoms with Crippen molar-refractivity contribution in [3.63, 3.8) is 0 Å². The third-order valence-electron chi connectivity index (χ3n) is 7.72. The molecule has 0 spiro atoms. The summed E-state index contributed by atoms with van der Waals surface area (Å²) in [5.74, 6) is 1.41. The number of carbonyl (C=O) groups excluding carboxylic acids is 3. The third-order valence-corrected chi connectivity index (χ3v) is 7.72. The van der Waals surface area contributed by atoms with Gasteiger partial charge in [-0.2, -0.15) is 5.10 Å². The van der Waals surface area contributed by atoms with Crippen LogP contribution < -0.4 is 10.2 Å². The number of hydrogen-bond donors (Lipinski definition) is 2. The summed E-state index contributed by atoms with van der Waals surface area (Å²) in [4.78, 5) is 45.8. The van der Waals surface area contributed by atoms with Crippen LogP contribution in [0.25, 0.3) is 0 Å². The molecule has 3 amide bonds. The van der Waals surface area contributed by atoms with Gasteiger partial charge in [0, 0.05) is 48.3 Å². The predicted molar refractivity (Wildman–Crippen MR) is 119 cm³/mol. The van der Waals surface area contributed by atoms with E-state index in [0.29, 0.717) is 30.5 Å². The Morgan fingerprint density at radius 3 is 2.70 bits per heavy atom. The summed E-state index contributed by atoms with van der Waals surface area (Å²) < 4.78 is 0. The largest absolute Gasteiger partial charge is 0.368 e. The number of nitrogens with one attached hydrogen (secondary N) is 2. The Morgan fingerprint density at radius 1 is 1.12 bits per heavy atom. The summed E-state index contributed by atoms with van der Waals surface area (Å²) in [6.45, 7) is 1.39. The smallest absolute Gasteiger partial charge is 0.255 e. The normalized spacial score (nSPS) is 26.7. The Kier molecular flexibility index (Phi) is 4.92. The standard InChI is InChI=1S/C24H28N6O3/c31-21-7-6-20(23(32)27-21)30-12-18-17(24(30)33)2-1-3-19(18)29(9-8-14-4-5-14)16-10-15(11-16)22-25-13-26-28-22/h1-3,13-16,20H,4-12H2,(H,25,26,28)(H,27,31,32). The highest BCUT2D eigenvalue weighted by Gasteiger charge is 2.42. The van der Waals surface area contributed by atoms with E-state index in [2.05, 4.69) is 31.5 Å². The van der Waals surface area contributed by atoms with Gasteiger partial charge in [-0.1, -0.05) is 18.9 Å². The zero-order chi connectivity index (χ0) is 22.5. The molecule has 4 aliphatic rings. The lowest BCUT2D eigenvalue weighted by Crippen LogP contribution is -2.52. The van der Waals surface area contributed by atoms with Crippen molar-refractivity contribution in [2.45, 2.75) is 69.5 Å². The van der Waals surface area contributed by atoms with Gasteiger partial charge in [0.1, 0.15) is 18.2 Å². The van der Waals surface area contributed by atoms with Gasteiger partial charge in [-0.25, -0.2) is 4.98 Å². The zero-order valence-electron chi connectivity index (χ0n) is 18.5. The highest BCUT2D eigenvalue weighted by molar-refractivity contribution is 6.06. The van der Waals surface area contributed by atoms with Crippen LogP contribution in [-0.2, 0) is 16.1 Å². The quantitative estimate of drug-likeness (QED) is 0.628. The number of anilines is 1. The Hall–Kier alpha value is -3.23. The lowest BCUT2D eigenvalue weighted by atomic mass is 9.78. The van der Waals surface area contributed by atoms with Gasteiger partial charge in [0.2, 0.25) is 11.8 Å². The molecule has 1 aromatic carbocycles. The van der Waals surface area contributed by atoms with Crippen molar-refractivity contribution in [2.75, 3.05) is 11.4 Å². The lowest BCUT2D eigenvalue weighted by Gasteiger charge is -2.44. The van der Waals surface area contributed by atoms with Crippen molar-refractivity contribution >= 4 is 23.4 Å². The van der Waals surface area contributed by atoms with Crippen LogP contribution in [0.2, 0.25) is 0 Å². The average molecular weight is 449 g/mol. The van der Waals surface area contributed by atoms with Gasteiger partial charge in [0.15, 0.2) is 0 Å². The molecule has 9 nitrogen and oxygen atoms in total. The molecular formula is C24H28N6O3. The molecule has 3 fully saturated rings. The number of benzene rings is 1. The molecule has 0 bridgehead atoms. The molecule has 1 saturated heterocycles. The van der Waals surface area contributed by atoms with Crippen molar-refractivity contribution in [1.29, 1.82) is 0 Å². The van der Waals surface area contributed by atoms with Crippen LogP contribution in [-0.4, -0.2) is 56.4 Å². The molecular weight excluding hydrogens is 420 g/mol. The summed E-state index contributed by atoms with van der Waals surface area (Å²) in [7, 11) is 0. The van der Waals surface area contributed by atoms with Crippen LogP contribution in [0.15, 0.2) is 24.5 Å². The van der Waals surface area contributed by atoms with E-state index in [1.165, 1.54) is 12.8 Å². The van der Waals surface area contributed by atoms with E-state index in [-0.39, 0.29) is 24.1 Å². The van der Waals surface area contributed by atoms with Crippen LogP contribution in [0.1, 0.15) is 72.6 Å². The molecule has 6 rings (SSSR count). The fraction of sp³-hybridized carbons (Fsp3) is 0.542. The number of aromatic nitrogens is 3. The van der Waals surface area contributed by atoms with E-state index in [1.54, 1.807) is 11.2 Å². The molecule has 2 aromatic rings. The van der Waals surface area contributed by atoms with Gasteiger partial charge < -0.3 is 9.80 Å². The first-order valence-electron chi connectivity index (χ1n) is 12.0. The number of fused-ring (bicyclic) bond motifs is 1. The number of nitrogens with zero attached hydrogens (tertiary/aromatic N) is 4. The third kappa shape index (κ3) is 3.69. The number of imide groups is 1. The molecule has 2 aliphatic heterocycles. The van der Waals surface area contributed by atoms with Crippen molar-refractivity contribution in [3.05, 3.63) is 41.5 Å². The molecule has 2 aliphatic carbocycles. The van der Waals surface area contributed by atoms with Gasteiger partial charge >= 0.3 is 0 Å². The Labute approximate surface area is 191 Å². The monoisotopic (exact) mass is 448 g/mol. The van der Waals surface area contributed by atoms with Crippen molar-refractivity contribution in [3.8, 4) is 0 Å². The van der Waals surface area contributed by atoms with Crippen molar-refractivity contribution in [1.82, 2.24) is 25.4 Å². The van der Waals surface area contributed by atoms with Gasteiger partial charge in [0.25, 0.3) is 5.91 Å². The fourth-order valence-electron chi connectivity index (χ4n) is 5.54. The summed E-state index contributed by atoms with van der Waals surface area (Å²) in [5, 5.41) is 9.39. The minimum Gasteiger partial charge on any atom is -0.368 e. The topological polar surface area (TPSA) is 111 Å². The summed E-state index contributed by atoms with van der Waals surface area (Å²) in [6.07, 6.45) is 8.02. The molecule has 172 valence electrons. The Morgan fingerprint density at radius 2 is 1.97 bits per heavy atom. The van der Waals surface area contributed by atoms with E-state index >= 15 is 0 Å². The molecule has 1 aromatic heterocycles. The van der Waals surface area contributed by atoms with Gasteiger partial charge in [-0.3, -0.25) is 24.8 Å². The number of piperidine rings is 1. The van der Waals surface area contributed by atoms with Gasteiger partial charge in [-0.15, -0.1) is 0 Å². The van der Waals surface area contributed by atoms with Crippen LogP contribution in [0.3, 0.4) is 0 Å². The number of carbonyl (C=O) groups is 3. The first kappa shape index (κ1) is 20.4. The number of aromatic amines is 1. The second kappa shape index (κ2) is 7.97. The van der Waals surface area contributed by atoms with E-state index < -0.39 is 6.04 Å². The van der Waals surface area contributed by atoms with Gasteiger partial charge in [0.05, 0.1) is 0 Å². The highest BCUT2D eigenvalue weighted by Crippen LogP contribution is 2.44. The minimum atomic E-state index is -0.588. The molecule has 3 heterocycles. The average Bonchev–Trinajstić information content (AvgIpc) is 3.33. The summed E-state index contributed by atoms with van der Waals surface area (Å²) in [6, 6.07) is 5.75. The SMILES string of the molecule is O=C1CCC(N2Cc3c(cccc3N(CCC3CC3)C3CC(c4ncn[nH]4)C3)C2=O)C(=O)N1. The molecule has 33 heavy (non-hydrogen) atoms. The second-order valence-corrected chi connectivity index (χ2v) is 9.82. The molecule has 0 radical (unpaired) electrons. The van der Waals surface area contributed by atoms with Crippen molar-refractivity contribution < 1.29 is 14.4 Å². The Balaban J connectivity index is 1.25. The first-order chi connectivity index (χ1) is 16.1. The van der Waals surface area contributed by atoms with E-state index in [1.807, 2.05) is 12.1 Å². The number of rotatable bonds is 7. The van der Waals surface area contributed by atoms with Crippen LogP contribution in [0, 0.1) is 5.92 Å². The lowest BCUT2D eigenvalue weighted by molar-refractivity contribution is -0.136. The van der Waals surface area contributed by atoms with Crippen molar-refractivity contribution in [2.24, 2.45) is 5.92 Å². The summed E-state index contributed by atoms with van der Waals surface area (Å²) in [5.41, 5.74) is 2.79. The maximum atomic E-state index is 13.3. The fourth-order valence-corrected chi connectivity index (χ4v) is 5.54. The number of amides is 3. The maximum Gasteiger partial charge on any atom is 0.255 e. The summed E-state index contributed by atoms with van der Waals surface area (Å²) >= 11 is 0. The minimum absolute atomic E-state index is 0.114. The Bertz CT molecular complexity index is 1090. The zero-order valence-corrected chi connectivity index (χ0v) is 18.5.